The summed E-state index contributed by atoms with van der Waals surface area (Å²) < 4.78 is 38.9. The van der Waals surface area contributed by atoms with Gasteiger partial charge < -0.3 is 13.7 Å². The van der Waals surface area contributed by atoms with E-state index in [4.69, 9.17) is 13.7 Å². The first kappa shape index (κ1) is 20.0. The van der Waals surface area contributed by atoms with E-state index in [1.165, 1.54) is 19.3 Å². The Morgan fingerprint density at radius 2 is 1.92 bits per heavy atom. The molecule has 0 bridgehead atoms. The Kier molecular flexibility index (Phi) is 8.32. The molecule has 1 rings (SSSR count). The van der Waals surface area contributed by atoms with E-state index in [2.05, 4.69) is 0 Å². The highest BCUT2D eigenvalue weighted by molar-refractivity contribution is 7.87. The van der Waals surface area contributed by atoms with Crippen molar-refractivity contribution in [2.24, 2.45) is 0 Å². The molecule has 134 valence electrons. The van der Waals surface area contributed by atoms with Crippen LogP contribution in [-0.4, -0.2) is 33.9 Å². The van der Waals surface area contributed by atoms with Crippen LogP contribution in [0.2, 0.25) is 0 Å². The highest BCUT2D eigenvalue weighted by atomic mass is 32.2. The quantitative estimate of drug-likeness (QED) is 0.364. The van der Waals surface area contributed by atoms with Crippen molar-refractivity contribution in [3.05, 3.63) is 29.8 Å². The van der Waals surface area contributed by atoms with E-state index < -0.39 is 16.1 Å². The predicted octanol–water partition coefficient (Wildman–Crippen LogP) is 3.17. The fourth-order valence-electron chi connectivity index (χ4n) is 1.77. The van der Waals surface area contributed by atoms with Gasteiger partial charge in [-0.1, -0.05) is 26.3 Å². The van der Waals surface area contributed by atoms with Gasteiger partial charge in [-0.15, -0.1) is 0 Å². The zero-order chi connectivity index (χ0) is 18.0. The predicted molar refractivity (Wildman–Crippen MR) is 92.6 cm³/mol. The molecule has 0 heterocycles. The topological polar surface area (TPSA) is 78.9 Å². The van der Waals surface area contributed by atoms with Crippen molar-refractivity contribution >= 4 is 22.2 Å². The van der Waals surface area contributed by atoms with E-state index in [1.807, 2.05) is 13.8 Å². The number of ether oxygens (including phenoxy) is 2. The maximum Gasteiger partial charge on any atom is 0.330 e. The van der Waals surface area contributed by atoms with E-state index in [0.29, 0.717) is 18.6 Å². The largest absolute Gasteiger partial charge is 0.493 e. The number of carbonyl (C=O) groups is 1. The molecule has 0 amide bonds. The van der Waals surface area contributed by atoms with Gasteiger partial charge in [0.2, 0.25) is 0 Å². The Morgan fingerprint density at radius 3 is 2.54 bits per heavy atom. The molecular formula is C17H24O6S. The highest BCUT2D eigenvalue weighted by Gasteiger charge is 2.15. The average Bonchev–Trinajstić information content (AvgIpc) is 2.56. The van der Waals surface area contributed by atoms with Crippen LogP contribution in [-0.2, 0) is 19.6 Å². The van der Waals surface area contributed by atoms with Crippen molar-refractivity contribution < 1.29 is 26.9 Å². The lowest BCUT2D eigenvalue weighted by atomic mass is 10.2. The number of esters is 1. The molecule has 0 atom stereocenters. The first-order chi connectivity index (χ1) is 11.4. The van der Waals surface area contributed by atoms with Gasteiger partial charge in [-0.25, -0.2) is 4.79 Å². The molecule has 0 N–H and O–H groups in total. The number of hydrogen-bond acceptors (Lipinski definition) is 6. The maximum absolute atomic E-state index is 11.9. The summed E-state index contributed by atoms with van der Waals surface area (Å²) in [6.07, 6.45) is 4.92. The molecule has 0 aliphatic carbocycles. The van der Waals surface area contributed by atoms with E-state index >= 15 is 0 Å². The number of unbranched alkanes of at least 4 members (excludes halogenated alkanes) is 1. The van der Waals surface area contributed by atoms with E-state index in [0.717, 1.165) is 12.8 Å². The summed E-state index contributed by atoms with van der Waals surface area (Å²) in [6, 6.07) is 4.73. The summed E-state index contributed by atoms with van der Waals surface area (Å²) in [7, 11) is -2.23. The minimum atomic E-state index is -3.65. The highest BCUT2D eigenvalue weighted by Crippen LogP contribution is 2.30. The smallest absolute Gasteiger partial charge is 0.330 e. The summed E-state index contributed by atoms with van der Waals surface area (Å²) in [6.45, 7) is 4.19. The number of methoxy groups -OCH3 is 1. The lowest BCUT2D eigenvalue weighted by Crippen LogP contribution is -2.14. The molecule has 0 radical (unpaired) electrons. The molecule has 6 nitrogen and oxygen atoms in total. The summed E-state index contributed by atoms with van der Waals surface area (Å²) in [4.78, 5) is 11.4. The van der Waals surface area contributed by atoms with Gasteiger partial charge in [0.25, 0.3) is 0 Å². The van der Waals surface area contributed by atoms with Crippen LogP contribution in [0.4, 0.5) is 0 Å². The van der Waals surface area contributed by atoms with Gasteiger partial charge in [-0.05, 0) is 36.6 Å². The second-order valence-corrected chi connectivity index (χ2v) is 6.80. The van der Waals surface area contributed by atoms with Gasteiger partial charge in [0.05, 0.1) is 19.5 Å². The summed E-state index contributed by atoms with van der Waals surface area (Å²) in [5.74, 6) is -0.0749. The molecule has 1 aromatic carbocycles. The lowest BCUT2D eigenvalue weighted by Gasteiger charge is -2.11. The number of benzene rings is 1. The zero-order valence-corrected chi connectivity index (χ0v) is 15.1. The SMILES string of the molecule is CCCCS(=O)(=O)Oc1ccc(C=CC(=O)OCCC)cc1OC. The molecule has 0 unspecified atom stereocenters. The molecule has 7 heteroatoms. The van der Waals surface area contributed by atoms with Crippen LogP contribution < -0.4 is 8.92 Å². The second kappa shape index (κ2) is 9.97. The van der Waals surface area contributed by atoms with Crippen LogP contribution in [0.1, 0.15) is 38.7 Å². The van der Waals surface area contributed by atoms with Crippen molar-refractivity contribution in [1.29, 1.82) is 0 Å². The fraction of sp³-hybridized carbons (Fsp3) is 0.471. The van der Waals surface area contributed by atoms with Crippen molar-refractivity contribution in [2.45, 2.75) is 33.1 Å². The minimum Gasteiger partial charge on any atom is -0.493 e. The number of carbonyl (C=O) groups excluding carboxylic acids is 1. The third kappa shape index (κ3) is 7.04. The minimum absolute atomic E-state index is 0.0441. The van der Waals surface area contributed by atoms with Gasteiger partial charge in [0.1, 0.15) is 0 Å². The molecule has 0 fully saturated rings. The monoisotopic (exact) mass is 356 g/mol. The van der Waals surface area contributed by atoms with Crippen LogP contribution in [0, 0.1) is 0 Å². The number of hydrogen-bond donors (Lipinski definition) is 0. The third-order valence-corrected chi connectivity index (χ3v) is 4.23. The maximum atomic E-state index is 11.9. The normalized spacial score (nSPS) is 11.5. The van der Waals surface area contributed by atoms with E-state index in [9.17, 15) is 13.2 Å². The standard InChI is InChI=1S/C17H24O6S/c1-4-6-12-24(19,20)23-15-9-7-14(13-16(15)21-3)8-10-17(18)22-11-5-2/h7-10,13H,4-6,11-12H2,1-3H3. The number of rotatable bonds is 10. The Labute approximate surface area is 143 Å². The van der Waals surface area contributed by atoms with Crippen LogP contribution in [0.5, 0.6) is 11.5 Å². The van der Waals surface area contributed by atoms with Gasteiger partial charge in [-0.2, -0.15) is 8.42 Å². The molecule has 0 spiro atoms. The van der Waals surface area contributed by atoms with Crippen LogP contribution in [0.3, 0.4) is 0 Å². The first-order valence-corrected chi connectivity index (χ1v) is 9.44. The van der Waals surface area contributed by atoms with Crippen molar-refractivity contribution in [2.75, 3.05) is 19.5 Å². The molecular weight excluding hydrogens is 332 g/mol. The summed E-state index contributed by atoms with van der Waals surface area (Å²) >= 11 is 0. The Hall–Kier alpha value is -2.02. The Morgan fingerprint density at radius 1 is 1.17 bits per heavy atom. The fourth-order valence-corrected chi connectivity index (χ4v) is 2.91. The zero-order valence-electron chi connectivity index (χ0n) is 14.3. The molecule has 0 saturated heterocycles. The molecule has 0 aliphatic rings. The third-order valence-electron chi connectivity index (χ3n) is 3.01. The van der Waals surface area contributed by atoms with Crippen molar-refractivity contribution in [3.8, 4) is 11.5 Å². The van der Waals surface area contributed by atoms with Crippen LogP contribution in [0.15, 0.2) is 24.3 Å². The Bertz CT molecular complexity index is 664. The van der Waals surface area contributed by atoms with Crippen molar-refractivity contribution in [3.63, 3.8) is 0 Å². The van der Waals surface area contributed by atoms with Gasteiger partial charge in [0, 0.05) is 6.08 Å². The summed E-state index contributed by atoms with van der Waals surface area (Å²) in [5.41, 5.74) is 0.665. The van der Waals surface area contributed by atoms with Crippen LogP contribution in [0.25, 0.3) is 6.08 Å². The van der Waals surface area contributed by atoms with Gasteiger partial charge in [-0.3, -0.25) is 0 Å². The molecule has 24 heavy (non-hydrogen) atoms. The summed E-state index contributed by atoms with van der Waals surface area (Å²) in [5, 5.41) is 0. The molecule has 1 aromatic rings. The molecule has 0 aromatic heterocycles. The van der Waals surface area contributed by atoms with Crippen molar-refractivity contribution in [1.82, 2.24) is 0 Å². The van der Waals surface area contributed by atoms with Gasteiger partial charge >= 0.3 is 16.1 Å². The first-order valence-electron chi connectivity index (χ1n) is 7.87. The molecule has 0 aliphatic heterocycles. The van der Waals surface area contributed by atoms with E-state index in [1.54, 1.807) is 18.2 Å². The molecule has 0 saturated carbocycles. The van der Waals surface area contributed by atoms with Crippen LogP contribution >= 0.6 is 0 Å². The average molecular weight is 356 g/mol. The second-order valence-electron chi connectivity index (χ2n) is 5.11. The Balaban J connectivity index is 2.85. The van der Waals surface area contributed by atoms with E-state index in [-0.39, 0.29) is 17.3 Å². The lowest BCUT2D eigenvalue weighted by molar-refractivity contribution is -0.137. The van der Waals surface area contributed by atoms with Gasteiger partial charge in [0.15, 0.2) is 11.5 Å².